The summed E-state index contributed by atoms with van der Waals surface area (Å²) in [6, 6.07) is 13.4. The second-order valence-corrected chi connectivity index (χ2v) is 9.57. The number of unbranched alkanes of at least 4 members (excludes halogenated alkanes) is 2. The molecule has 2 heterocycles. The van der Waals surface area contributed by atoms with Gasteiger partial charge in [0.1, 0.15) is 17.3 Å². The number of aromatic hydroxyl groups is 1. The lowest BCUT2D eigenvalue weighted by Gasteiger charge is -2.39. The lowest BCUT2D eigenvalue weighted by Crippen LogP contribution is -2.44. The van der Waals surface area contributed by atoms with E-state index >= 15 is 0 Å². The van der Waals surface area contributed by atoms with Crippen LogP contribution in [0.25, 0.3) is 0 Å². The molecule has 0 unspecified atom stereocenters. The topological polar surface area (TPSA) is 103 Å². The standard InChI is InChI=1S/C27H36N4O3/c1-18-9-8-10-19(2)30(18)15-6-3-7-16-31-22-11-4-5-12-24(22)34-25(27(31)33)21-17-20(26(28)29)13-14-23(21)32/h4-5,11-14,17-19,25,32H,3,6-10,15-16H2,1-2H3,(H3,28,29)/t18-,19+,25-/m0/s1. The molecular weight excluding hydrogens is 428 g/mol. The van der Waals surface area contributed by atoms with Gasteiger partial charge in [0.2, 0.25) is 6.10 Å². The van der Waals surface area contributed by atoms with Gasteiger partial charge >= 0.3 is 0 Å². The van der Waals surface area contributed by atoms with Gasteiger partial charge in [0.05, 0.1) is 5.69 Å². The van der Waals surface area contributed by atoms with E-state index in [1.807, 2.05) is 24.3 Å². The summed E-state index contributed by atoms with van der Waals surface area (Å²) in [6.07, 6.45) is 5.94. The molecule has 0 spiro atoms. The Hall–Kier alpha value is -3.06. The number of nitrogen functional groups attached to an aromatic ring is 1. The summed E-state index contributed by atoms with van der Waals surface area (Å²) in [5, 5.41) is 18.2. The number of amides is 1. The molecule has 3 atom stereocenters. The lowest BCUT2D eigenvalue weighted by atomic mass is 9.97. The highest BCUT2D eigenvalue weighted by Gasteiger charge is 2.36. The van der Waals surface area contributed by atoms with Gasteiger partial charge in [-0.2, -0.15) is 0 Å². The molecule has 7 nitrogen and oxygen atoms in total. The number of phenols is 1. The van der Waals surface area contributed by atoms with Gasteiger partial charge in [-0.1, -0.05) is 25.0 Å². The van der Waals surface area contributed by atoms with Crippen LogP contribution in [0.1, 0.15) is 69.6 Å². The Morgan fingerprint density at radius 2 is 1.79 bits per heavy atom. The van der Waals surface area contributed by atoms with Gasteiger partial charge in [-0.25, -0.2) is 0 Å². The first-order chi connectivity index (χ1) is 16.4. The van der Waals surface area contributed by atoms with E-state index in [1.165, 1.54) is 25.3 Å². The van der Waals surface area contributed by atoms with Crippen LogP contribution < -0.4 is 15.4 Å². The summed E-state index contributed by atoms with van der Waals surface area (Å²) in [5.41, 5.74) is 7.15. The molecule has 2 aliphatic rings. The Balaban J connectivity index is 1.45. The zero-order valence-electron chi connectivity index (χ0n) is 20.2. The third kappa shape index (κ3) is 5.04. The highest BCUT2D eigenvalue weighted by Crippen LogP contribution is 2.41. The molecule has 2 aliphatic heterocycles. The minimum Gasteiger partial charge on any atom is -0.508 e. The Kier molecular flexibility index (Phi) is 7.41. The number of nitrogens with one attached hydrogen (secondary N) is 1. The molecule has 7 heteroatoms. The number of nitrogens with two attached hydrogens (primary N) is 1. The van der Waals surface area contributed by atoms with Gasteiger partial charge in [0.15, 0.2) is 0 Å². The number of phenolic OH excluding ortho intramolecular Hbond substituents is 1. The number of nitrogens with zero attached hydrogens (tertiary/aromatic N) is 2. The van der Waals surface area contributed by atoms with Crippen LogP contribution in [0.15, 0.2) is 42.5 Å². The number of ether oxygens (including phenoxy) is 1. The number of piperidine rings is 1. The second-order valence-electron chi connectivity index (χ2n) is 9.57. The number of hydrogen-bond acceptors (Lipinski definition) is 5. The number of fused-ring (bicyclic) bond motifs is 1. The van der Waals surface area contributed by atoms with Crippen molar-refractivity contribution in [3.8, 4) is 11.5 Å². The van der Waals surface area contributed by atoms with E-state index in [-0.39, 0.29) is 17.5 Å². The van der Waals surface area contributed by atoms with E-state index in [4.69, 9.17) is 15.9 Å². The van der Waals surface area contributed by atoms with Gasteiger partial charge in [-0.15, -0.1) is 0 Å². The molecule has 0 aliphatic carbocycles. The zero-order valence-corrected chi connectivity index (χ0v) is 20.2. The quantitative estimate of drug-likeness (QED) is 0.302. The Labute approximate surface area is 202 Å². The minimum absolute atomic E-state index is 0.0487. The van der Waals surface area contributed by atoms with Crippen molar-refractivity contribution < 1.29 is 14.6 Å². The van der Waals surface area contributed by atoms with Crippen LogP contribution in [0.4, 0.5) is 5.69 Å². The molecule has 0 aromatic heterocycles. The summed E-state index contributed by atoms with van der Waals surface area (Å²) in [4.78, 5) is 17.9. The van der Waals surface area contributed by atoms with Crippen LogP contribution in [-0.2, 0) is 4.79 Å². The average Bonchev–Trinajstić information content (AvgIpc) is 2.81. The van der Waals surface area contributed by atoms with Crippen LogP contribution in [-0.4, -0.2) is 46.9 Å². The van der Waals surface area contributed by atoms with Crippen molar-refractivity contribution in [1.29, 1.82) is 5.41 Å². The normalized spacial score (nSPS) is 22.8. The van der Waals surface area contributed by atoms with Gasteiger partial charge in [0, 0.05) is 29.8 Å². The smallest absolute Gasteiger partial charge is 0.273 e. The molecule has 2 aromatic rings. The molecule has 0 bridgehead atoms. The predicted octanol–water partition coefficient (Wildman–Crippen LogP) is 4.58. The van der Waals surface area contributed by atoms with Crippen molar-refractivity contribution in [2.75, 3.05) is 18.0 Å². The molecule has 4 N–H and O–H groups in total. The summed E-state index contributed by atoms with van der Waals surface area (Å²) in [7, 11) is 0. The van der Waals surface area contributed by atoms with Crippen LogP contribution >= 0.6 is 0 Å². The maximum Gasteiger partial charge on any atom is 0.273 e. The third-order valence-corrected chi connectivity index (χ3v) is 7.19. The number of carbonyl (C=O) groups excluding carboxylic acids is 1. The van der Waals surface area contributed by atoms with E-state index < -0.39 is 6.10 Å². The molecule has 1 fully saturated rings. The number of anilines is 1. The summed E-state index contributed by atoms with van der Waals surface area (Å²) in [6.45, 7) is 6.35. The molecule has 2 aromatic carbocycles. The number of benzene rings is 2. The first-order valence-corrected chi connectivity index (χ1v) is 12.4. The van der Waals surface area contributed by atoms with Gasteiger partial charge in [-0.3, -0.25) is 15.1 Å². The molecule has 34 heavy (non-hydrogen) atoms. The zero-order chi connectivity index (χ0) is 24.2. The molecule has 1 amide bonds. The molecule has 0 radical (unpaired) electrons. The summed E-state index contributed by atoms with van der Waals surface area (Å²) >= 11 is 0. The van der Waals surface area contributed by atoms with Crippen LogP contribution in [0, 0.1) is 5.41 Å². The maximum absolute atomic E-state index is 13.5. The highest BCUT2D eigenvalue weighted by atomic mass is 16.5. The first kappa shape index (κ1) is 24.1. The van der Waals surface area contributed by atoms with Crippen molar-refractivity contribution in [1.82, 2.24) is 4.90 Å². The van der Waals surface area contributed by atoms with E-state index in [0.717, 1.165) is 31.5 Å². The molecule has 182 valence electrons. The third-order valence-electron chi connectivity index (χ3n) is 7.19. The van der Waals surface area contributed by atoms with Crippen LogP contribution in [0.3, 0.4) is 0 Å². The van der Waals surface area contributed by atoms with E-state index in [9.17, 15) is 9.90 Å². The van der Waals surface area contributed by atoms with Crippen molar-refractivity contribution in [2.24, 2.45) is 5.73 Å². The van der Waals surface area contributed by atoms with Crippen molar-refractivity contribution in [2.45, 2.75) is 70.6 Å². The number of hydrogen-bond donors (Lipinski definition) is 3. The largest absolute Gasteiger partial charge is 0.508 e. The minimum atomic E-state index is -0.982. The number of carbonyl (C=O) groups is 1. The van der Waals surface area contributed by atoms with Crippen LogP contribution in [0.5, 0.6) is 11.5 Å². The average molecular weight is 465 g/mol. The number of amidine groups is 1. The molecular formula is C27H36N4O3. The first-order valence-electron chi connectivity index (χ1n) is 12.4. The van der Waals surface area contributed by atoms with Crippen molar-refractivity contribution in [3.05, 3.63) is 53.6 Å². The Morgan fingerprint density at radius 3 is 2.53 bits per heavy atom. The number of rotatable bonds is 8. The second kappa shape index (κ2) is 10.5. The van der Waals surface area contributed by atoms with E-state index in [0.29, 0.717) is 35.5 Å². The highest BCUT2D eigenvalue weighted by molar-refractivity contribution is 6.01. The van der Waals surface area contributed by atoms with Gasteiger partial charge in [0.25, 0.3) is 5.91 Å². The maximum atomic E-state index is 13.5. The predicted molar refractivity (Wildman–Crippen MR) is 135 cm³/mol. The SMILES string of the molecule is C[C@@H]1CCC[C@H](C)N1CCCCCN1C(=O)[C@H](c2cc(C(=N)N)ccc2O)Oc2ccccc21. The lowest BCUT2D eigenvalue weighted by molar-refractivity contribution is -0.126. The van der Waals surface area contributed by atoms with E-state index in [1.54, 1.807) is 17.0 Å². The fraction of sp³-hybridized carbons (Fsp3) is 0.481. The van der Waals surface area contributed by atoms with Gasteiger partial charge in [-0.05, 0) is 76.4 Å². The Bertz CT molecular complexity index is 1030. The number of likely N-dealkylation sites (tertiary alicyclic amines) is 1. The summed E-state index contributed by atoms with van der Waals surface area (Å²) in [5.74, 6) is 0.218. The Morgan fingerprint density at radius 1 is 1.09 bits per heavy atom. The fourth-order valence-electron chi connectivity index (χ4n) is 5.23. The van der Waals surface area contributed by atoms with E-state index in [2.05, 4.69) is 18.7 Å². The molecule has 0 saturated carbocycles. The summed E-state index contributed by atoms with van der Waals surface area (Å²) < 4.78 is 6.04. The van der Waals surface area contributed by atoms with Crippen molar-refractivity contribution in [3.63, 3.8) is 0 Å². The monoisotopic (exact) mass is 464 g/mol. The fourth-order valence-corrected chi connectivity index (χ4v) is 5.23. The molecule has 1 saturated heterocycles. The number of para-hydroxylation sites is 2. The van der Waals surface area contributed by atoms with Crippen LogP contribution in [0.2, 0.25) is 0 Å². The van der Waals surface area contributed by atoms with Crippen molar-refractivity contribution >= 4 is 17.4 Å². The van der Waals surface area contributed by atoms with Gasteiger partial charge < -0.3 is 20.5 Å². The molecule has 4 rings (SSSR count).